The highest BCUT2D eigenvalue weighted by Crippen LogP contribution is 2.64. The Morgan fingerprint density at radius 1 is 0.652 bits per heavy atom. The van der Waals surface area contributed by atoms with Crippen LogP contribution in [0.4, 0.5) is 0 Å². The number of nitrogens with one attached hydrogen (secondary N) is 1. The Morgan fingerprint density at radius 3 is 1.22 bits per heavy atom. The molecular formula is C20H19NOS. The molecule has 0 aliphatic heterocycles. The van der Waals surface area contributed by atoms with E-state index in [2.05, 4.69) is 41.1 Å². The number of benzene rings is 3. The first-order chi connectivity index (χ1) is 11.2. The van der Waals surface area contributed by atoms with E-state index in [0.717, 1.165) is 14.7 Å². The molecule has 0 aliphatic rings. The van der Waals surface area contributed by atoms with Crippen LogP contribution < -0.4 is 4.72 Å². The smallest absolute Gasteiger partial charge is 0.226 e. The maximum Gasteiger partial charge on any atom is 0.226 e. The fraction of sp³-hybridized carbons (Fsp3) is 0.0500. The van der Waals surface area contributed by atoms with Crippen molar-refractivity contribution in [3.8, 4) is 0 Å². The quantitative estimate of drug-likeness (QED) is 0.718. The third-order valence-electron chi connectivity index (χ3n) is 3.59. The zero-order valence-corrected chi connectivity index (χ0v) is 13.8. The molecule has 0 unspecified atom stereocenters. The zero-order valence-electron chi connectivity index (χ0n) is 13.0. The Bertz CT molecular complexity index is 676. The Hall–Kier alpha value is -2.52. The first-order valence-corrected chi connectivity index (χ1v) is 9.14. The van der Waals surface area contributed by atoms with Gasteiger partial charge in [0, 0.05) is 21.6 Å². The van der Waals surface area contributed by atoms with E-state index in [1.165, 1.54) is 0 Å². The third kappa shape index (κ3) is 3.01. The Kier molecular flexibility index (Phi) is 4.49. The van der Waals surface area contributed by atoms with E-state index in [1.807, 2.05) is 54.6 Å². The lowest BCUT2D eigenvalue weighted by molar-refractivity contribution is -0.117. The second-order valence-electron chi connectivity index (χ2n) is 5.21. The van der Waals surface area contributed by atoms with Crippen LogP contribution in [0.5, 0.6) is 0 Å². The first kappa shape index (κ1) is 15.4. The summed E-state index contributed by atoms with van der Waals surface area (Å²) in [6, 6.07) is 30.6. The van der Waals surface area contributed by atoms with Crippen LogP contribution in [0.15, 0.2) is 106 Å². The van der Waals surface area contributed by atoms with Gasteiger partial charge in [0.15, 0.2) is 0 Å². The molecule has 3 rings (SSSR count). The average molecular weight is 321 g/mol. The molecule has 3 heteroatoms. The zero-order chi connectivity index (χ0) is 16.1. The summed E-state index contributed by atoms with van der Waals surface area (Å²) in [6.07, 6.45) is 0. The van der Waals surface area contributed by atoms with E-state index >= 15 is 0 Å². The molecule has 0 atom stereocenters. The maximum absolute atomic E-state index is 12.1. The Balaban J connectivity index is 2.32. The van der Waals surface area contributed by atoms with Gasteiger partial charge in [0.05, 0.1) is 0 Å². The minimum atomic E-state index is -1.83. The fourth-order valence-electron chi connectivity index (χ4n) is 2.67. The highest BCUT2D eigenvalue weighted by atomic mass is 32.3. The number of amides is 1. The summed E-state index contributed by atoms with van der Waals surface area (Å²) in [4.78, 5) is 15.4. The molecule has 0 radical (unpaired) electrons. The summed E-state index contributed by atoms with van der Waals surface area (Å²) in [5.74, 6) is -0.0310. The molecule has 116 valence electrons. The summed E-state index contributed by atoms with van der Waals surface area (Å²) in [7, 11) is -1.83. The summed E-state index contributed by atoms with van der Waals surface area (Å²) < 4.78 is 3.29. The van der Waals surface area contributed by atoms with Gasteiger partial charge in [-0.2, -0.15) is 0 Å². The third-order valence-corrected chi connectivity index (χ3v) is 7.12. The van der Waals surface area contributed by atoms with Crippen molar-refractivity contribution in [2.75, 3.05) is 0 Å². The van der Waals surface area contributed by atoms with Gasteiger partial charge >= 0.3 is 0 Å². The largest absolute Gasteiger partial charge is 0.307 e. The van der Waals surface area contributed by atoms with E-state index in [-0.39, 0.29) is 5.91 Å². The Labute approximate surface area is 138 Å². The molecule has 0 heterocycles. The lowest BCUT2D eigenvalue weighted by Crippen LogP contribution is -2.26. The molecule has 0 spiro atoms. The fourth-order valence-corrected chi connectivity index (χ4v) is 5.97. The van der Waals surface area contributed by atoms with Crippen molar-refractivity contribution in [3.63, 3.8) is 0 Å². The van der Waals surface area contributed by atoms with Crippen LogP contribution >= 0.6 is 10.2 Å². The molecule has 0 saturated carbocycles. The van der Waals surface area contributed by atoms with Crippen LogP contribution in [0.25, 0.3) is 0 Å². The van der Waals surface area contributed by atoms with Gasteiger partial charge in [-0.1, -0.05) is 64.8 Å². The van der Waals surface area contributed by atoms with Gasteiger partial charge in [0.1, 0.15) is 0 Å². The van der Waals surface area contributed by atoms with Gasteiger partial charge in [-0.25, -0.2) is 0 Å². The van der Waals surface area contributed by atoms with Gasteiger partial charge in [-0.3, -0.25) is 4.79 Å². The van der Waals surface area contributed by atoms with Crippen molar-refractivity contribution in [2.45, 2.75) is 21.6 Å². The number of carbonyl (C=O) groups excluding carboxylic acids is 1. The molecule has 23 heavy (non-hydrogen) atoms. The van der Waals surface area contributed by atoms with E-state index in [1.54, 1.807) is 6.92 Å². The minimum absolute atomic E-state index is 0.0310. The highest BCUT2D eigenvalue weighted by molar-refractivity contribution is 8.32. The summed E-state index contributed by atoms with van der Waals surface area (Å²) >= 11 is 0. The van der Waals surface area contributed by atoms with Gasteiger partial charge in [0.25, 0.3) is 0 Å². The minimum Gasteiger partial charge on any atom is -0.307 e. The average Bonchev–Trinajstić information content (AvgIpc) is 2.62. The lowest BCUT2D eigenvalue weighted by Gasteiger charge is -2.41. The molecule has 3 aromatic rings. The monoisotopic (exact) mass is 321 g/mol. The predicted octanol–water partition coefficient (Wildman–Crippen LogP) is 5.02. The maximum atomic E-state index is 12.1. The Morgan fingerprint density at radius 2 is 0.957 bits per heavy atom. The lowest BCUT2D eigenvalue weighted by atomic mass is 10.4. The molecule has 1 N–H and O–H groups in total. The molecule has 0 bridgehead atoms. The molecule has 0 aliphatic carbocycles. The number of carbonyl (C=O) groups is 1. The topological polar surface area (TPSA) is 29.1 Å². The molecule has 0 fully saturated rings. The highest BCUT2D eigenvalue weighted by Gasteiger charge is 2.31. The van der Waals surface area contributed by atoms with Crippen LogP contribution in [0.1, 0.15) is 6.92 Å². The molecule has 1 amide bonds. The van der Waals surface area contributed by atoms with Crippen LogP contribution in [0, 0.1) is 0 Å². The van der Waals surface area contributed by atoms with Crippen LogP contribution in [-0.2, 0) is 4.79 Å². The van der Waals surface area contributed by atoms with E-state index < -0.39 is 10.2 Å². The van der Waals surface area contributed by atoms with Crippen molar-refractivity contribution < 1.29 is 4.79 Å². The van der Waals surface area contributed by atoms with Crippen molar-refractivity contribution in [2.24, 2.45) is 0 Å². The van der Waals surface area contributed by atoms with Gasteiger partial charge in [-0.15, -0.1) is 0 Å². The number of hydrogen-bond acceptors (Lipinski definition) is 1. The van der Waals surface area contributed by atoms with E-state index in [4.69, 9.17) is 0 Å². The van der Waals surface area contributed by atoms with Crippen LogP contribution in [0.3, 0.4) is 0 Å². The van der Waals surface area contributed by atoms with Gasteiger partial charge < -0.3 is 4.72 Å². The van der Waals surface area contributed by atoms with Crippen molar-refractivity contribution in [1.82, 2.24) is 4.72 Å². The molecular weight excluding hydrogens is 302 g/mol. The molecule has 0 aromatic heterocycles. The van der Waals surface area contributed by atoms with Gasteiger partial charge in [-0.05, 0) is 36.4 Å². The van der Waals surface area contributed by atoms with Crippen molar-refractivity contribution in [3.05, 3.63) is 91.0 Å². The molecule has 0 saturated heterocycles. The second-order valence-corrected chi connectivity index (χ2v) is 8.05. The standard InChI is InChI=1S/C20H19NOS/c1-17(22)21-23(18-11-5-2-6-12-18,19-13-7-3-8-14-19)20-15-9-4-10-16-20/h2-16H,1H3,(H,21,22). The van der Waals surface area contributed by atoms with E-state index in [0.29, 0.717) is 0 Å². The molecule has 2 nitrogen and oxygen atoms in total. The van der Waals surface area contributed by atoms with E-state index in [9.17, 15) is 4.79 Å². The van der Waals surface area contributed by atoms with Crippen LogP contribution in [-0.4, -0.2) is 5.91 Å². The summed E-state index contributed by atoms with van der Waals surface area (Å²) in [5.41, 5.74) is 0. The second kappa shape index (κ2) is 6.71. The summed E-state index contributed by atoms with van der Waals surface area (Å²) in [5, 5.41) is 0. The molecule has 3 aromatic carbocycles. The summed E-state index contributed by atoms with van der Waals surface area (Å²) in [6.45, 7) is 1.58. The van der Waals surface area contributed by atoms with Crippen molar-refractivity contribution >= 4 is 16.1 Å². The SMILES string of the molecule is CC(=O)NS(c1ccccc1)(c1ccccc1)c1ccccc1. The predicted molar refractivity (Wildman–Crippen MR) is 95.5 cm³/mol. The normalized spacial score (nSPS) is 11.7. The number of rotatable bonds is 4. The van der Waals surface area contributed by atoms with Gasteiger partial charge in [0.2, 0.25) is 5.91 Å². The number of hydrogen-bond donors (Lipinski definition) is 1. The van der Waals surface area contributed by atoms with Crippen LogP contribution in [0.2, 0.25) is 0 Å². The first-order valence-electron chi connectivity index (χ1n) is 7.50. The van der Waals surface area contributed by atoms with Crippen molar-refractivity contribution in [1.29, 1.82) is 0 Å².